The molecule has 2 rings (SSSR count). The molecule has 7 heteroatoms. The smallest absolute Gasteiger partial charge is 0.159 e. The molecule has 2 aromatic rings. The number of aromatic nitrogens is 4. The Labute approximate surface area is 124 Å². The Morgan fingerprint density at radius 2 is 2.05 bits per heavy atom. The SMILES string of the molecule is CCOCc1nc(NN)cc(-n2nc(C)c(CC)c2C)n1. The fourth-order valence-electron chi connectivity index (χ4n) is 2.33. The number of ether oxygens (including phenoxy) is 1. The van der Waals surface area contributed by atoms with Gasteiger partial charge in [0, 0.05) is 18.4 Å². The Bertz CT molecular complexity index is 622. The molecular formula is C14H22N6O. The van der Waals surface area contributed by atoms with Gasteiger partial charge >= 0.3 is 0 Å². The number of aryl methyl sites for hydroxylation is 1. The van der Waals surface area contributed by atoms with E-state index in [0.717, 1.165) is 17.8 Å². The van der Waals surface area contributed by atoms with E-state index in [1.165, 1.54) is 5.56 Å². The molecule has 0 aliphatic heterocycles. The summed E-state index contributed by atoms with van der Waals surface area (Å²) in [6.45, 7) is 9.05. The third kappa shape index (κ3) is 3.20. The molecular weight excluding hydrogens is 268 g/mol. The molecule has 0 aromatic carbocycles. The average molecular weight is 290 g/mol. The van der Waals surface area contributed by atoms with E-state index < -0.39 is 0 Å². The van der Waals surface area contributed by atoms with Crippen molar-refractivity contribution in [1.82, 2.24) is 19.7 Å². The summed E-state index contributed by atoms with van der Waals surface area (Å²) in [6, 6.07) is 1.77. The first kappa shape index (κ1) is 15.4. The molecule has 0 saturated heterocycles. The van der Waals surface area contributed by atoms with Gasteiger partial charge in [-0.3, -0.25) is 0 Å². The van der Waals surface area contributed by atoms with Crippen molar-refractivity contribution in [2.75, 3.05) is 12.0 Å². The van der Waals surface area contributed by atoms with Crippen LogP contribution >= 0.6 is 0 Å². The lowest BCUT2D eigenvalue weighted by Gasteiger charge is -2.09. The van der Waals surface area contributed by atoms with Crippen molar-refractivity contribution in [2.24, 2.45) is 5.84 Å². The zero-order chi connectivity index (χ0) is 15.4. The molecule has 0 aliphatic rings. The van der Waals surface area contributed by atoms with Crippen molar-refractivity contribution in [3.05, 3.63) is 28.8 Å². The minimum absolute atomic E-state index is 0.346. The van der Waals surface area contributed by atoms with Gasteiger partial charge in [0.1, 0.15) is 12.4 Å². The van der Waals surface area contributed by atoms with Gasteiger partial charge in [0.05, 0.1) is 5.69 Å². The van der Waals surface area contributed by atoms with Crippen LogP contribution in [0.15, 0.2) is 6.07 Å². The third-order valence-corrected chi connectivity index (χ3v) is 3.35. The van der Waals surface area contributed by atoms with E-state index >= 15 is 0 Å². The number of nitrogen functional groups attached to an aromatic ring is 1. The Morgan fingerprint density at radius 1 is 1.29 bits per heavy atom. The third-order valence-electron chi connectivity index (χ3n) is 3.35. The van der Waals surface area contributed by atoms with Crippen LogP contribution in [-0.2, 0) is 17.8 Å². The second-order valence-corrected chi connectivity index (χ2v) is 4.72. The molecule has 0 amide bonds. The van der Waals surface area contributed by atoms with Crippen molar-refractivity contribution in [1.29, 1.82) is 0 Å². The average Bonchev–Trinajstić information content (AvgIpc) is 2.79. The molecule has 21 heavy (non-hydrogen) atoms. The van der Waals surface area contributed by atoms with Gasteiger partial charge in [-0.25, -0.2) is 20.5 Å². The monoisotopic (exact) mass is 290 g/mol. The molecule has 0 spiro atoms. The highest BCUT2D eigenvalue weighted by molar-refractivity contribution is 5.42. The highest BCUT2D eigenvalue weighted by atomic mass is 16.5. The van der Waals surface area contributed by atoms with Crippen LogP contribution in [0.3, 0.4) is 0 Å². The molecule has 3 N–H and O–H groups in total. The lowest BCUT2D eigenvalue weighted by Crippen LogP contribution is -2.14. The highest BCUT2D eigenvalue weighted by Crippen LogP contribution is 2.18. The molecule has 0 fully saturated rings. The van der Waals surface area contributed by atoms with Crippen molar-refractivity contribution in [3.63, 3.8) is 0 Å². The quantitative estimate of drug-likeness (QED) is 0.621. The van der Waals surface area contributed by atoms with Gasteiger partial charge in [-0.15, -0.1) is 0 Å². The Kier molecular flexibility index (Phi) is 4.87. The van der Waals surface area contributed by atoms with E-state index in [2.05, 4.69) is 27.4 Å². The predicted molar refractivity (Wildman–Crippen MR) is 81.1 cm³/mol. The highest BCUT2D eigenvalue weighted by Gasteiger charge is 2.14. The largest absolute Gasteiger partial charge is 0.374 e. The summed E-state index contributed by atoms with van der Waals surface area (Å²) in [5.74, 6) is 7.29. The zero-order valence-electron chi connectivity index (χ0n) is 13.0. The minimum atomic E-state index is 0.346. The zero-order valence-corrected chi connectivity index (χ0v) is 13.0. The minimum Gasteiger partial charge on any atom is -0.374 e. The van der Waals surface area contributed by atoms with E-state index in [9.17, 15) is 0 Å². The summed E-state index contributed by atoms with van der Waals surface area (Å²) in [6.07, 6.45) is 0.941. The van der Waals surface area contributed by atoms with Crippen LogP contribution in [0.4, 0.5) is 5.82 Å². The number of nitrogens with zero attached hydrogens (tertiary/aromatic N) is 4. The summed E-state index contributed by atoms with van der Waals surface area (Å²) in [5.41, 5.74) is 5.90. The van der Waals surface area contributed by atoms with E-state index in [1.54, 1.807) is 6.07 Å². The van der Waals surface area contributed by atoms with Crippen molar-refractivity contribution >= 4 is 5.82 Å². The summed E-state index contributed by atoms with van der Waals surface area (Å²) in [4.78, 5) is 8.79. The first-order valence-electron chi connectivity index (χ1n) is 7.08. The van der Waals surface area contributed by atoms with Gasteiger partial charge in [0.25, 0.3) is 0 Å². The van der Waals surface area contributed by atoms with Gasteiger partial charge in [-0.1, -0.05) is 6.92 Å². The fourth-order valence-corrected chi connectivity index (χ4v) is 2.33. The molecule has 0 saturated carbocycles. The van der Waals surface area contributed by atoms with Gasteiger partial charge in [0.15, 0.2) is 11.6 Å². The van der Waals surface area contributed by atoms with Crippen molar-refractivity contribution < 1.29 is 4.74 Å². The normalized spacial score (nSPS) is 10.9. The molecule has 0 radical (unpaired) electrons. The van der Waals surface area contributed by atoms with E-state index in [-0.39, 0.29) is 0 Å². The van der Waals surface area contributed by atoms with Crippen LogP contribution in [0, 0.1) is 13.8 Å². The number of hydrogen-bond acceptors (Lipinski definition) is 6. The summed E-state index contributed by atoms with van der Waals surface area (Å²) in [5, 5.41) is 4.57. The predicted octanol–water partition coefficient (Wildman–Crippen LogP) is 1.66. The summed E-state index contributed by atoms with van der Waals surface area (Å²) in [7, 11) is 0. The van der Waals surface area contributed by atoms with Gasteiger partial charge in [0.2, 0.25) is 0 Å². The molecule has 7 nitrogen and oxygen atoms in total. The Hall–Kier alpha value is -1.99. The molecule has 114 valence electrons. The van der Waals surface area contributed by atoms with Crippen LogP contribution in [0.25, 0.3) is 5.82 Å². The van der Waals surface area contributed by atoms with Crippen LogP contribution in [0.5, 0.6) is 0 Å². The van der Waals surface area contributed by atoms with Crippen molar-refractivity contribution in [2.45, 2.75) is 40.7 Å². The van der Waals surface area contributed by atoms with Gasteiger partial charge in [-0.2, -0.15) is 5.10 Å². The first-order chi connectivity index (χ1) is 10.1. The van der Waals surface area contributed by atoms with Crippen molar-refractivity contribution in [3.8, 4) is 5.82 Å². The van der Waals surface area contributed by atoms with Crippen LogP contribution in [-0.4, -0.2) is 26.4 Å². The van der Waals surface area contributed by atoms with E-state index in [4.69, 9.17) is 10.6 Å². The van der Waals surface area contributed by atoms with Crippen LogP contribution < -0.4 is 11.3 Å². The Morgan fingerprint density at radius 3 is 2.62 bits per heavy atom. The molecule has 0 atom stereocenters. The first-order valence-corrected chi connectivity index (χ1v) is 7.08. The molecule has 2 heterocycles. The molecule has 0 unspecified atom stereocenters. The molecule has 0 bridgehead atoms. The summed E-state index contributed by atoms with van der Waals surface area (Å²) < 4.78 is 7.19. The number of anilines is 1. The second kappa shape index (κ2) is 6.64. The van der Waals surface area contributed by atoms with Gasteiger partial charge in [-0.05, 0) is 32.8 Å². The summed E-state index contributed by atoms with van der Waals surface area (Å²) >= 11 is 0. The van der Waals surface area contributed by atoms with Crippen LogP contribution in [0.1, 0.15) is 36.6 Å². The number of rotatable bonds is 6. The second-order valence-electron chi connectivity index (χ2n) is 4.72. The van der Waals surface area contributed by atoms with Crippen LogP contribution in [0.2, 0.25) is 0 Å². The molecule has 0 aliphatic carbocycles. The van der Waals surface area contributed by atoms with Gasteiger partial charge < -0.3 is 10.2 Å². The lowest BCUT2D eigenvalue weighted by atomic mass is 10.1. The maximum absolute atomic E-state index is 5.48. The maximum Gasteiger partial charge on any atom is 0.159 e. The fraction of sp³-hybridized carbons (Fsp3) is 0.500. The number of nitrogens with one attached hydrogen (secondary N) is 1. The lowest BCUT2D eigenvalue weighted by molar-refractivity contribution is 0.128. The number of hydrogen-bond donors (Lipinski definition) is 2. The number of hydrazine groups is 1. The topological polar surface area (TPSA) is 90.9 Å². The van der Waals surface area contributed by atoms with E-state index in [1.807, 2.05) is 25.5 Å². The maximum atomic E-state index is 5.48. The number of nitrogens with two attached hydrogens (primary N) is 1. The molecule has 2 aromatic heterocycles. The standard InChI is InChI=1S/C14H22N6O/c1-5-11-9(3)19-20(10(11)4)14-7-12(18-15)16-13(17-14)8-21-6-2/h7H,5-6,8,15H2,1-4H3,(H,16,17,18). The Balaban J connectivity index is 2.47. The van der Waals surface area contributed by atoms with E-state index in [0.29, 0.717) is 30.7 Å².